The van der Waals surface area contributed by atoms with Gasteiger partial charge in [-0.15, -0.1) is 0 Å². The van der Waals surface area contributed by atoms with Crippen molar-refractivity contribution in [3.8, 4) is 0 Å². The Kier molecular flexibility index (Phi) is 2.24. The van der Waals surface area contributed by atoms with E-state index in [0.29, 0.717) is 25.2 Å². The number of hydrogen-bond donors (Lipinski definition) is 1. The zero-order chi connectivity index (χ0) is 12.0. The van der Waals surface area contributed by atoms with Gasteiger partial charge in [0.15, 0.2) is 0 Å². The highest BCUT2D eigenvalue weighted by molar-refractivity contribution is 5.46. The van der Waals surface area contributed by atoms with Crippen LogP contribution in [-0.2, 0) is 0 Å². The van der Waals surface area contributed by atoms with Crippen molar-refractivity contribution < 1.29 is 8.78 Å². The summed E-state index contributed by atoms with van der Waals surface area (Å²) in [6.07, 6.45) is 2.25. The van der Waals surface area contributed by atoms with Crippen molar-refractivity contribution in [3.05, 3.63) is 18.3 Å². The van der Waals surface area contributed by atoms with E-state index in [-0.39, 0.29) is 12.3 Å². The molecule has 5 heteroatoms. The average molecular weight is 239 g/mol. The van der Waals surface area contributed by atoms with Gasteiger partial charge in [0.05, 0.1) is 11.9 Å². The van der Waals surface area contributed by atoms with Crippen LogP contribution in [0.25, 0.3) is 0 Å². The molecule has 2 fully saturated rings. The second-order valence-corrected chi connectivity index (χ2v) is 5.02. The highest BCUT2D eigenvalue weighted by Gasteiger charge is 2.54. The van der Waals surface area contributed by atoms with Crippen molar-refractivity contribution >= 4 is 11.5 Å². The van der Waals surface area contributed by atoms with E-state index < -0.39 is 11.8 Å². The minimum Gasteiger partial charge on any atom is -0.397 e. The highest BCUT2D eigenvalue weighted by Crippen LogP contribution is 2.48. The summed E-state index contributed by atoms with van der Waals surface area (Å²) in [5, 5.41) is 0. The molecular weight excluding hydrogens is 224 g/mol. The van der Waals surface area contributed by atoms with Crippen molar-refractivity contribution in [2.45, 2.75) is 18.8 Å². The lowest BCUT2D eigenvalue weighted by Crippen LogP contribution is -2.29. The molecule has 0 amide bonds. The number of nitrogens with zero attached hydrogens (tertiary/aromatic N) is 2. The quantitative estimate of drug-likeness (QED) is 0.816. The first kappa shape index (κ1) is 10.7. The molecule has 1 saturated carbocycles. The summed E-state index contributed by atoms with van der Waals surface area (Å²) in [5.41, 5.74) is 6.16. The number of nitrogen functional groups attached to an aromatic ring is 1. The monoisotopic (exact) mass is 239 g/mol. The van der Waals surface area contributed by atoms with Gasteiger partial charge in [-0.25, -0.2) is 13.8 Å². The third kappa shape index (κ3) is 1.73. The molecule has 2 N–H and O–H groups in total. The summed E-state index contributed by atoms with van der Waals surface area (Å²) < 4.78 is 27.2. The Bertz CT molecular complexity index is 418. The first-order valence-electron chi connectivity index (χ1n) is 5.90. The molecule has 2 heterocycles. The molecule has 0 bridgehead atoms. The molecule has 1 aliphatic carbocycles. The summed E-state index contributed by atoms with van der Waals surface area (Å²) >= 11 is 0. The summed E-state index contributed by atoms with van der Waals surface area (Å²) in [6, 6.07) is 3.56. The Labute approximate surface area is 98.6 Å². The predicted octanol–water partition coefficient (Wildman–Crippen LogP) is 2.15. The smallest absolute Gasteiger partial charge is 0.252 e. The summed E-state index contributed by atoms with van der Waals surface area (Å²) in [7, 11) is 0. The van der Waals surface area contributed by atoms with Crippen molar-refractivity contribution in [2.75, 3.05) is 23.7 Å². The van der Waals surface area contributed by atoms with Gasteiger partial charge in [-0.1, -0.05) is 0 Å². The number of anilines is 2. The zero-order valence-electron chi connectivity index (χ0n) is 9.44. The summed E-state index contributed by atoms with van der Waals surface area (Å²) in [4.78, 5) is 6.14. The SMILES string of the molecule is Nc1ccc(N2C[C@@H]3CCC(F)(F)[C@@H]3C2)nc1. The Balaban J connectivity index is 1.79. The number of nitrogens with two attached hydrogens (primary N) is 1. The maximum Gasteiger partial charge on any atom is 0.252 e. The van der Waals surface area contributed by atoms with Crippen LogP contribution in [0.3, 0.4) is 0 Å². The fraction of sp³-hybridized carbons (Fsp3) is 0.583. The van der Waals surface area contributed by atoms with Gasteiger partial charge < -0.3 is 10.6 Å². The molecule has 0 radical (unpaired) electrons. The lowest BCUT2D eigenvalue weighted by Gasteiger charge is -2.21. The number of fused-ring (bicyclic) bond motifs is 1. The lowest BCUT2D eigenvalue weighted by molar-refractivity contribution is -0.0351. The van der Waals surface area contributed by atoms with Gasteiger partial charge in [-0.2, -0.15) is 0 Å². The van der Waals surface area contributed by atoms with Crippen molar-refractivity contribution in [1.82, 2.24) is 4.98 Å². The third-order valence-electron chi connectivity index (χ3n) is 3.93. The van der Waals surface area contributed by atoms with Crippen molar-refractivity contribution in [3.63, 3.8) is 0 Å². The number of rotatable bonds is 1. The number of alkyl halides is 2. The van der Waals surface area contributed by atoms with Crippen LogP contribution in [0.4, 0.5) is 20.3 Å². The van der Waals surface area contributed by atoms with Gasteiger partial charge in [0, 0.05) is 25.4 Å². The zero-order valence-corrected chi connectivity index (χ0v) is 9.44. The minimum atomic E-state index is -2.49. The molecule has 2 atom stereocenters. The predicted molar refractivity (Wildman–Crippen MR) is 62.0 cm³/mol. The second-order valence-electron chi connectivity index (χ2n) is 5.02. The normalized spacial score (nSPS) is 30.6. The number of aromatic nitrogens is 1. The summed E-state index contributed by atoms with van der Waals surface area (Å²) in [6.45, 7) is 1.10. The Morgan fingerprint density at radius 1 is 1.35 bits per heavy atom. The summed E-state index contributed by atoms with van der Waals surface area (Å²) in [5.74, 6) is -2.12. The topological polar surface area (TPSA) is 42.1 Å². The highest BCUT2D eigenvalue weighted by atomic mass is 19.3. The van der Waals surface area contributed by atoms with Gasteiger partial charge in [0.25, 0.3) is 5.92 Å². The van der Waals surface area contributed by atoms with Crippen LogP contribution >= 0.6 is 0 Å². The molecule has 3 rings (SSSR count). The van der Waals surface area contributed by atoms with Gasteiger partial charge in [0.2, 0.25) is 0 Å². The van der Waals surface area contributed by atoms with E-state index >= 15 is 0 Å². The molecule has 0 aromatic carbocycles. The number of pyridine rings is 1. The maximum atomic E-state index is 13.6. The Hall–Kier alpha value is -1.39. The van der Waals surface area contributed by atoms with Crippen LogP contribution in [0.15, 0.2) is 18.3 Å². The van der Waals surface area contributed by atoms with Crippen molar-refractivity contribution in [1.29, 1.82) is 0 Å². The minimum absolute atomic E-state index is 0.0470. The fourth-order valence-corrected chi connectivity index (χ4v) is 2.98. The molecule has 1 aromatic heterocycles. The van der Waals surface area contributed by atoms with E-state index in [4.69, 9.17) is 5.73 Å². The molecule has 0 spiro atoms. The third-order valence-corrected chi connectivity index (χ3v) is 3.93. The molecule has 1 aromatic rings. The van der Waals surface area contributed by atoms with Crippen LogP contribution in [0.5, 0.6) is 0 Å². The fourth-order valence-electron chi connectivity index (χ4n) is 2.98. The molecular formula is C12H15F2N3. The van der Waals surface area contributed by atoms with Crippen LogP contribution < -0.4 is 10.6 Å². The van der Waals surface area contributed by atoms with Crippen LogP contribution in [0.1, 0.15) is 12.8 Å². The maximum absolute atomic E-state index is 13.6. The molecule has 92 valence electrons. The first-order chi connectivity index (χ1) is 8.06. The standard InChI is InChI=1S/C12H15F2N3/c13-12(14)4-3-8-6-17(7-10(8)12)11-2-1-9(15)5-16-11/h1-2,5,8,10H,3-4,6-7,15H2/t8-,10+/m0/s1. The molecule has 3 nitrogen and oxygen atoms in total. The Morgan fingerprint density at radius 3 is 2.82 bits per heavy atom. The van der Waals surface area contributed by atoms with Crippen LogP contribution in [-0.4, -0.2) is 24.0 Å². The molecule has 2 aliphatic rings. The van der Waals surface area contributed by atoms with E-state index in [9.17, 15) is 8.78 Å². The number of hydrogen-bond acceptors (Lipinski definition) is 3. The molecule has 1 aliphatic heterocycles. The van der Waals surface area contributed by atoms with Crippen LogP contribution in [0.2, 0.25) is 0 Å². The van der Waals surface area contributed by atoms with E-state index in [1.807, 2.05) is 4.90 Å². The average Bonchev–Trinajstić information content (AvgIpc) is 2.82. The van der Waals surface area contributed by atoms with E-state index in [1.54, 1.807) is 18.3 Å². The van der Waals surface area contributed by atoms with Crippen LogP contribution in [0, 0.1) is 11.8 Å². The van der Waals surface area contributed by atoms with Crippen molar-refractivity contribution in [2.24, 2.45) is 11.8 Å². The van der Waals surface area contributed by atoms with E-state index in [2.05, 4.69) is 4.98 Å². The Morgan fingerprint density at radius 2 is 2.18 bits per heavy atom. The number of halogens is 2. The second kappa shape index (κ2) is 3.55. The van der Waals surface area contributed by atoms with Gasteiger partial charge >= 0.3 is 0 Å². The molecule has 1 saturated heterocycles. The molecule has 17 heavy (non-hydrogen) atoms. The van der Waals surface area contributed by atoms with Gasteiger partial charge in [0.1, 0.15) is 5.82 Å². The van der Waals surface area contributed by atoms with E-state index in [1.165, 1.54) is 0 Å². The van der Waals surface area contributed by atoms with Gasteiger partial charge in [-0.05, 0) is 24.5 Å². The van der Waals surface area contributed by atoms with E-state index in [0.717, 1.165) is 5.82 Å². The largest absolute Gasteiger partial charge is 0.397 e. The van der Waals surface area contributed by atoms with Gasteiger partial charge in [-0.3, -0.25) is 0 Å². The first-order valence-corrected chi connectivity index (χ1v) is 5.90. The molecule has 0 unspecified atom stereocenters. The lowest BCUT2D eigenvalue weighted by atomic mass is 9.99.